The molecule has 24 heavy (non-hydrogen) atoms. The highest BCUT2D eigenvalue weighted by Crippen LogP contribution is 2.17. The van der Waals surface area contributed by atoms with E-state index in [1.807, 2.05) is 0 Å². The predicted molar refractivity (Wildman–Crippen MR) is 91.6 cm³/mol. The minimum Gasteiger partial charge on any atom is -0.507 e. The summed E-state index contributed by atoms with van der Waals surface area (Å²) in [5.74, 6) is -0.394. The van der Waals surface area contributed by atoms with Gasteiger partial charge in [-0.05, 0) is 24.5 Å². The number of nitrogens with one attached hydrogen (secondary N) is 1. The summed E-state index contributed by atoms with van der Waals surface area (Å²) in [6.45, 7) is 2.06. The van der Waals surface area contributed by atoms with Crippen LogP contribution in [0.3, 0.4) is 0 Å². The van der Waals surface area contributed by atoms with Crippen LogP contribution in [0.5, 0.6) is 5.75 Å². The molecule has 1 heterocycles. The minimum absolute atomic E-state index is 0.0490. The lowest BCUT2D eigenvalue weighted by Gasteiger charge is -2.03. The van der Waals surface area contributed by atoms with Crippen molar-refractivity contribution in [3.63, 3.8) is 0 Å². The van der Waals surface area contributed by atoms with Crippen molar-refractivity contribution in [2.45, 2.75) is 13.3 Å². The maximum absolute atomic E-state index is 11.4. The van der Waals surface area contributed by atoms with Gasteiger partial charge in [0, 0.05) is 10.9 Å². The lowest BCUT2D eigenvalue weighted by atomic mass is 9.79. The number of anilines is 1. The number of hydrogen-bond donors (Lipinski definition) is 4. The highest BCUT2D eigenvalue weighted by molar-refractivity contribution is 7.13. The SMILES string of the molecule is CCOC(=O)Cc1csc(NN=Cc2cc(B(O)O)ccc2O)n1. The van der Waals surface area contributed by atoms with Crippen molar-refractivity contribution in [1.29, 1.82) is 0 Å². The third-order valence-electron chi connectivity index (χ3n) is 2.90. The number of nitrogens with zero attached hydrogens (tertiary/aromatic N) is 2. The van der Waals surface area contributed by atoms with E-state index in [4.69, 9.17) is 14.8 Å². The van der Waals surface area contributed by atoms with E-state index in [0.717, 1.165) is 0 Å². The molecule has 0 aliphatic rings. The second-order valence-electron chi connectivity index (χ2n) is 4.69. The number of carbonyl (C=O) groups excluding carboxylic acids is 1. The normalized spacial score (nSPS) is 10.8. The van der Waals surface area contributed by atoms with Crippen LogP contribution in [0.4, 0.5) is 5.13 Å². The van der Waals surface area contributed by atoms with Gasteiger partial charge >= 0.3 is 13.1 Å². The van der Waals surface area contributed by atoms with Gasteiger partial charge in [0.25, 0.3) is 0 Å². The maximum atomic E-state index is 11.4. The van der Waals surface area contributed by atoms with E-state index < -0.39 is 7.12 Å². The second kappa shape index (κ2) is 8.43. The molecule has 0 radical (unpaired) electrons. The van der Waals surface area contributed by atoms with Crippen molar-refractivity contribution < 1.29 is 24.7 Å². The topological polar surface area (TPSA) is 124 Å². The molecule has 1 aromatic carbocycles. The molecule has 0 unspecified atom stereocenters. The smallest absolute Gasteiger partial charge is 0.488 e. The number of hydrogen-bond acceptors (Lipinski definition) is 9. The number of carbonyl (C=O) groups is 1. The van der Waals surface area contributed by atoms with Gasteiger partial charge in [-0.3, -0.25) is 10.2 Å². The molecule has 0 aliphatic heterocycles. The molecule has 0 saturated heterocycles. The lowest BCUT2D eigenvalue weighted by Crippen LogP contribution is -2.29. The largest absolute Gasteiger partial charge is 0.507 e. The summed E-state index contributed by atoms with van der Waals surface area (Å²) < 4.78 is 4.84. The number of rotatable bonds is 7. The van der Waals surface area contributed by atoms with Crippen LogP contribution in [0.1, 0.15) is 18.2 Å². The molecule has 8 nitrogen and oxygen atoms in total. The molecular weight excluding hydrogens is 333 g/mol. The number of thiazole rings is 1. The summed E-state index contributed by atoms with van der Waals surface area (Å²) in [5.41, 5.74) is 3.81. The standard InChI is InChI=1S/C14H16BN3O5S/c1-2-23-13(20)6-11-8-24-14(17-11)18-16-7-9-5-10(15(21)22)3-4-12(9)19/h3-5,7-8,19,21-22H,2,6H2,1H3,(H,17,18). The molecule has 4 N–H and O–H groups in total. The molecular formula is C14H16BN3O5S. The summed E-state index contributed by atoms with van der Waals surface area (Å²) in [7, 11) is -1.63. The Morgan fingerprint density at radius 3 is 3.00 bits per heavy atom. The molecule has 126 valence electrons. The van der Waals surface area contributed by atoms with Gasteiger partial charge < -0.3 is 19.9 Å². The van der Waals surface area contributed by atoms with Crippen molar-refractivity contribution in [2.24, 2.45) is 5.10 Å². The monoisotopic (exact) mass is 349 g/mol. The van der Waals surface area contributed by atoms with Crippen LogP contribution in [0.15, 0.2) is 28.7 Å². The van der Waals surface area contributed by atoms with Crippen molar-refractivity contribution in [3.05, 3.63) is 34.8 Å². The van der Waals surface area contributed by atoms with Crippen molar-refractivity contribution in [3.8, 4) is 5.75 Å². The van der Waals surface area contributed by atoms with Gasteiger partial charge in [0.05, 0.1) is 24.9 Å². The number of aromatic nitrogens is 1. The Morgan fingerprint density at radius 1 is 1.50 bits per heavy atom. The van der Waals surface area contributed by atoms with Crippen molar-refractivity contribution in [2.75, 3.05) is 12.0 Å². The van der Waals surface area contributed by atoms with Gasteiger partial charge in [-0.1, -0.05) is 6.07 Å². The van der Waals surface area contributed by atoms with Gasteiger partial charge in [0.15, 0.2) is 0 Å². The lowest BCUT2D eigenvalue weighted by molar-refractivity contribution is -0.142. The minimum atomic E-state index is -1.63. The molecule has 0 amide bonds. The van der Waals surface area contributed by atoms with Crippen LogP contribution in [-0.2, 0) is 16.0 Å². The van der Waals surface area contributed by atoms with Gasteiger partial charge in [0.1, 0.15) is 5.75 Å². The Labute approximate surface area is 142 Å². The number of ether oxygens (including phenoxy) is 1. The molecule has 0 atom stereocenters. The molecule has 1 aromatic heterocycles. The van der Waals surface area contributed by atoms with E-state index in [1.165, 1.54) is 35.8 Å². The van der Waals surface area contributed by atoms with E-state index in [-0.39, 0.29) is 23.6 Å². The first-order valence-electron chi connectivity index (χ1n) is 7.07. The van der Waals surface area contributed by atoms with E-state index >= 15 is 0 Å². The molecule has 2 aromatic rings. The Bertz CT molecular complexity index is 735. The molecule has 10 heteroatoms. The highest BCUT2D eigenvalue weighted by atomic mass is 32.1. The third kappa shape index (κ3) is 5.05. The van der Waals surface area contributed by atoms with Crippen LogP contribution in [0.25, 0.3) is 0 Å². The van der Waals surface area contributed by atoms with Crippen LogP contribution >= 0.6 is 11.3 Å². The quantitative estimate of drug-likeness (QED) is 0.241. The van der Waals surface area contributed by atoms with Gasteiger partial charge in [-0.15, -0.1) is 11.3 Å². The van der Waals surface area contributed by atoms with E-state index in [0.29, 0.717) is 23.0 Å². The first-order chi connectivity index (χ1) is 11.5. The molecule has 0 aliphatic carbocycles. The number of hydrazone groups is 1. The molecule has 0 bridgehead atoms. The van der Waals surface area contributed by atoms with Crippen LogP contribution in [0.2, 0.25) is 0 Å². The average Bonchev–Trinajstić information content (AvgIpc) is 2.96. The van der Waals surface area contributed by atoms with Gasteiger partial charge in [-0.2, -0.15) is 5.10 Å². The summed E-state index contributed by atoms with van der Waals surface area (Å²) in [6, 6.07) is 4.14. The molecule has 0 spiro atoms. The second-order valence-corrected chi connectivity index (χ2v) is 5.55. The zero-order chi connectivity index (χ0) is 17.5. The number of phenols is 1. The summed E-state index contributed by atoms with van der Waals surface area (Å²) in [6.07, 6.45) is 1.42. The molecule has 0 saturated carbocycles. The van der Waals surface area contributed by atoms with Crippen molar-refractivity contribution >= 4 is 41.2 Å². The third-order valence-corrected chi connectivity index (χ3v) is 3.69. The Hall–Kier alpha value is -2.43. The summed E-state index contributed by atoms with van der Waals surface area (Å²) in [5, 5.41) is 34.1. The molecule has 0 fully saturated rings. The van der Waals surface area contributed by atoms with Crippen molar-refractivity contribution in [1.82, 2.24) is 4.98 Å². The maximum Gasteiger partial charge on any atom is 0.488 e. The first-order valence-corrected chi connectivity index (χ1v) is 7.95. The average molecular weight is 349 g/mol. The summed E-state index contributed by atoms with van der Waals surface area (Å²) >= 11 is 1.27. The first kappa shape index (κ1) is 17.9. The van der Waals surface area contributed by atoms with E-state index in [2.05, 4.69) is 15.5 Å². The zero-order valence-corrected chi connectivity index (χ0v) is 13.7. The summed E-state index contributed by atoms with van der Waals surface area (Å²) in [4.78, 5) is 15.6. The number of aromatic hydroxyl groups is 1. The van der Waals surface area contributed by atoms with Gasteiger partial charge in [0.2, 0.25) is 5.13 Å². The highest BCUT2D eigenvalue weighted by Gasteiger charge is 2.12. The number of phenolic OH excluding ortho intramolecular Hbond substituents is 1. The van der Waals surface area contributed by atoms with Crippen LogP contribution in [0, 0.1) is 0 Å². The zero-order valence-electron chi connectivity index (χ0n) is 12.8. The fourth-order valence-corrected chi connectivity index (χ4v) is 2.45. The predicted octanol–water partition coefficient (Wildman–Crippen LogP) is 0.0801. The fraction of sp³-hybridized carbons (Fsp3) is 0.214. The van der Waals surface area contributed by atoms with Crippen LogP contribution in [-0.4, -0.2) is 46.0 Å². The van der Waals surface area contributed by atoms with Gasteiger partial charge in [-0.25, -0.2) is 4.98 Å². The van der Waals surface area contributed by atoms with E-state index in [1.54, 1.807) is 12.3 Å². The number of benzene rings is 1. The molecule has 2 rings (SSSR count). The Kier molecular flexibility index (Phi) is 6.30. The Balaban J connectivity index is 1.98. The van der Waals surface area contributed by atoms with Crippen LogP contribution < -0.4 is 10.9 Å². The van der Waals surface area contributed by atoms with E-state index in [9.17, 15) is 9.90 Å². The Morgan fingerprint density at radius 2 is 2.29 bits per heavy atom. The number of esters is 1. The fourth-order valence-electron chi connectivity index (χ4n) is 1.79.